The van der Waals surface area contributed by atoms with Crippen molar-refractivity contribution in [3.8, 4) is 0 Å². The Labute approximate surface area is 244 Å². The van der Waals surface area contributed by atoms with Gasteiger partial charge in [-0.3, -0.25) is 14.4 Å². The summed E-state index contributed by atoms with van der Waals surface area (Å²) in [6, 6.07) is 5.62. The van der Waals surface area contributed by atoms with Crippen LogP contribution in [0.3, 0.4) is 0 Å². The maximum atomic E-state index is 14.1. The zero-order chi connectivity index (χ0) is 29.1. The molecule has 8 heteroatoms. The number of ether oxygens (including phenoxy) is 1. The van der Waals surface area contributed by atoms with Crippen LogP contribution in [0.4, 0.5) is 4.39 Å². The van der Waals surface area contributed by atoms with Crippen LogP contribution in [-0.4, -0.2) is 73.0 Å². The number of halogens is 1. The van der Waals surface area contributed by atoms with E-state index in [2.05, 4.69) is 24.2 Å². The summed E-state index contributed by atoms with van der Waals surface area (Å²) in [4.78, 5) is 45.2. The fraction of sp³-hybridized carbons (Fsp3) is 0.727. The maximum absolute atomic E-state index is 14.1. The van der Waals surface area contributed by atoms with Gasteiger partial charge in [0.2, 0.25) is 11.8 Å². The van der Waals surface area contributed by atoms with Crippen LogP contribution >= 0.6 is 0 Å². The van der Waals surface area contributed by atoms with Gasteiger partial charge >= 0.3 is 5.97 Å². The van der Waals surface area contributed by atoms with Crippen molar-refractivity contribution in [1.29, 1.82) is 0 Å². The minimum atomic E-state index is -0.735. The highest BCUT2D eigenvalue weighted by atomic mass is 19.1. The molecule has 0 spiro atoms. The van der Waals surface area contributed by atoms with Gasteiger partial charge in [0.25, 0.3) is 0 Å². The molecular formula is C33H48FN3O4. The molecule has 2 aliphatic carbocycles. The van der Waals surface area contributed by atoms with Gasteiger partial charge in [-0.2, -0.15) is 0 Å². The Morgan fingerprint density at radius 3 is 2.39 bits per heavy atom. The predicted molar refractivity (Wildman–Crippen MR) is 155 cm³/mol. The van der Waals surface area contributed by atoms with Crippen molar-refractivity contribution >= 4 is 17.8 Å². The Bertz CT molecular complexity index is 1080. The third-order valence-corrected chi connectivity index (χ3v) is 10.9. The van der Waals surface area contributed by atoms with E-state index in [1.54, 1.807) is 12.1 Å². The number of carbonyl (C=O) groups excluding carboxylic acids is 3. The third kappa shape index (κ3) is 6.32. The molecular weight excluding hydrogens is 521 g/mol. The van der Waals surface area contributed by atoms with E-state index in [1.165, 1.54) is 18.6 Å². The molecule has 7 nitrogen and oxygen atoms in total. The quantitative estimate of drug-likeness (QED) is 0.464. The summed E-state index contributed by atoms with van der Waals surface area (Å²) in [5.41, 5.74) is 0.270. The second-order valence-corrected chi connectivity index (χ2v) is 13.3. The number of benzene rings is 1. The van der Waals surface area contributed by atoms with Crippen molar-refractivity contribution in [3.05, 3.63) is 35.6 Å². The summed E-state index contributed by atoms with van der Waals surface area (Å²) in [7, 11) is 2.10. The largest absolute Gasteiger partial charge is 0.466 e. The SMILES string of the molecule is CCOC(=O)C1(C2CCCCC2)CCN(C(=O)[C@@H](Cc2ccc(F)cc2)NC(=O)[C@H]2CC3CN(C)[C@H]2CC3C)CC1. The number of fused-ring (bicyclic) bond motifs is 3. The Morgan fingerprint density at radius 2 is 1.76 bits per heavy atom. The Kier molecular flexibility index (Phi) is 9.37. The summed E-state index contributed by atoms with van der Waals surface area (Å²) in [6.07, 6.45) is 8.89. The molecule has 1 aromatic carbocycles. The summed E-state index contributed by atoms with van der Waals surface area (Å²) >= 11 is 0. The number of likely N-dealkylation sites (tertiary alicyclic amines) is 1. The van der Waals surface area contributed by atoms with E-state index < -0.39 is 11.5 Å². The number of hydrogen-bond donors (Lipinski definition) is 1. The van der Waals surface area contributed by atoms with Gasteiger partial charge in [0.15, 0.2) is 0 Å². The second-order valence-electron chi connectivity index (χ2n) is 13.3. The lowest BCUT2D eigenvalue weighted by molar-refractivity contribution is -0.166. The van der Waals surface area contributed by atoms with E-state index in [-0.39, 0.29) is 35.6 Å². The number of nitrogens with one attached hydrogen (secondary N) is 1. The van der Waals surface area contributed by atoms with E-state index in [1.807, 2.05) is 11.8 Å². The van der Waals surface area contributed by atoms with Gasteiger partial charge in [-0.15, -0.1) is 0 Å². The summed E-state index contributed by atoms with van der Waals surface area (Å²) in [5.74, 6) is 0.640. The van der Waals surface area contributed by atoms with Gasteiger partial charge in [0, 0.05) is 32.1 Å². The van der Waals surface area contributed by atoms with E-state index in [0.29, 0.717) is 56.7 Å². The Balaban J connectivity index is 1.31. The highest BCUT2D eigenvalue weighted by Crippen LogP contribution is 2.47. The molecule has 5 fully saturated rings. The van der Waals surface area contributed by atoms with Gasteiger partial charge in [0.1, 0.15) is 11.9 Å². The van der Waals surface area contributed by atoms with E-state index >= 15 is 0 Å². The molecule has 41 heavy (non-hydrogen) atoms. The topological polar surface area (TPSA) is 79.0 Å². The zero-order valence-corrected chi connectivity index (χ0v) is 25.1. The number of esters is 1. The van der Waals surface area contributed by atoms with Gasteiger partial charge in [-0.05, 0) is 87.9 Å². The molecule has 226 valence electrons. The molecule has 3 aliphatic heterocycles. The van der Waals surface area contributed by atoms with Crippen LogP contribution in [0.15, 0.2) is 24.3 Å². The van der Waals surface area contributed by atoms with Crippen molar-refractivity contribution in [2.45, 2.75) is 90.1 Å². The van der Waals surface area contributed by atoms with Crippen LogP contribution in [0.25, 0.3) is 0 Å². The molecule has 1 aromatic rings. The average Bonchev–Trinajstić information content (AvgIpc) is 2.98. The van der Waals surface area contributed by atoms with Crippen molar-refractivity contribution in [2.75, 3.05) is 33.3 Å². The van der Waals surface area contributed by atoms with Crippen LogP contribution in [0.1, 0.15) is 77.2 Å². The Morgan fingerprint density at radius 1 is 1.07 bits per heavy atom. The number of hydrogen-bond acceptors (Lipinski definition) is 5. The monoisotopic (exact) mass is 569 g/mol. The van der Waals surface area contributed by atoms with E-state index in [4.69, 9.17) is 4.74 Å². The van der Waals surface area contributed by atoms with Gasteiger partial charge in [-0.25, -0.2) is 4.39 Å². The maximum Gasteiger partial charge on any atom is 0.312 e. The molecule has 0 aromatic heterocycles. The standard InChI is InChI=1S/C33H48FN3O4/c1-4-41-32(40)33(25-8-6-5-7-9-25)14-16-37(17-15-33)31(39)28(19-23-10-12-26(34)13-11-23)35-30(38)27-20-24-21-36(3)29(27)18-22(24)2/h10-13,22,24-25,27-29H,4-9,14-21H2,1-3H3,(H,35,38)/t22?,24?,27-,28+,29-/m0/s1. The van der Waals surface area contributed by atoms with Gasteiger partial charge < -0.3 is 19.9 Å². The third-order valence-electron chi connectivity index (χ3n) is 10.9. The first-order valence-corrected chi connectivity index (χ1v) is 15.9. The van der Waals surface area contributed by atoms with Crippen LogP contribution in [0.2, 0.25) is 0 Å². The molecule has 2 saturated carbocycles. The van der Waals surface area contributed by atoms with Crippen LogP contribution < -0.4 is 5.32 Å². The molecule has 0 radical (unpaired) electrons. The molecule has 6 rings (SSSR count). The summed E-state index contributed by atoms with van der Waals surface area (Å²) in [5, 5.41) is 3.15. The van der Waals surface area contributed by atoms with Gasteiger partial charge in [-0.1, -0.05) is 38.3 Å². The Hall–Kier alpha value is -2.48. The van der Waals surface area contributed by atoms with Crippen molar-refractivity contribution < 1.29 is 23.5 Å². The van der Waals surface area contributed by atoms with Crippen molar-refractivity contribution in [3.63, 3.8) is 0 Å². The number of carbonyl (C=O) groups is 3. The zero-order valence-electron chi connectivity index (χ0n) is 25.1. The van der Waals surface area contributed by atoms with E-state index in [0.717, 1.165) is 50.6 Å². The number of amides is 2. The highest BCUT2D eigenvalue weighted by molar-refractivity contribution is 5.89. The predicted octanol–water partition coefficient (Wildman–Crippen LogP) is 4.58. The van der Waals surface area contributed by atoms with Crippen molar-refractivity contribution in [2.24, 2.45) is 29.1 Å². The fourth-order valence-corrected chi connectivity index (χ4v) is 8.37. The lowest BCUT2D eigenvalue weighted by atomic mass is 9.63. The molecule has 5 atom stereocenters. The van der Waals surface area contributed by atoms with Crippen LogP contribution in [-0.2, 0) is 25.5 Å². The second kappa shape index (κ2) is 12.8. The first-order valence-electron chi connectivity index (χ1n) is 15.9. The number of rotatable bonds is 8. The first kappa shape index (κ1) is 30.0. The minimum absolute atomic E-state index is 0.0565. The molecule has 3 saturated heterocycles. The van der Waals surface area contributed by atoms with Crippen LogP contribution in [0, 0.1) is 34.9 Å². The lowest BCUT2D eigenvalue weighted by Crippen LogP contribution is -2.60. The molecule has 2 unspecified atom stereocenters. The molecule has 5 aliphatic rings. The van der Waals surface area contributed by atoms with Crippen molar-refractivity contribution in [1.82, 2.24) is 15.1 Å². The smallest absolute Gasteiger partial charge is 0.312 e. The molecule has 2 amide bonds. The minimum Gasteiger partial charge on any atom is -0.466 e. The summed E-state index contributed by atoms with van der Waals surface area (Å²) < 4.78 is 19.2. The highest BCUT2D eigenvalue weighted by Gasteiger charge is 2.50. The molecule has 1 N–H and O–H groups in total. The van der Waals surface area contributed by atoms with Crippen LogP contribution in [0.5, 0.6) is 0 Å². The number of piperidine rings is 3. The normalized spacial score (nSPS) is 29.1. The first-order chi connectivity index (χ1) is 19.7. The number of nitrogens with zero attached hydrogens (tertiary/aromatic N) is 2. The molecule has 3 heterocycles. The van der Waals surface area contributed by atoms with Gasteiger partial charge in [0.05, 0.1) is 17.9 Å². The fourth-order valence-electron chi connectivity index (χ4n) is 8.37. The van der Waals surface area contributed by atoms with E-state index in [9.17, 15) is 18.8 Å². The lowest BCUT2D eigenvalue weighted by Gasteiger charge is -2.51. The molecule has 2 bridgehead atoms. The average molecular weight is 570 g/mol. The summed E-state index contributed by atoms with van der Waals surface area (Å²) in [6.45, 7) is 6.45.